The zero-order chi connectivity index (χ0) is 23.8. The Balaban J connectivity index is 1.67. The number of rotatable bonds is 10. The molecule has 0 unspecified atom stereocenters. The first-order chi connectivity index (χ1) is 15.8. The molecule has 174 valence electrons. The SMILES string of the molecule is CC(C)N(C)Cc1ccccc1CNC(=O)c1cccc(S(=O)(=O)NCc2ccccc2)c1. The molecule has 1 amide bonds. The van der Waals surface area contributed by atoms with E-state index in [1.54, 1.807) is 12.1 Å². The third kappa shape index (κ3) is 6.99. The van der Waals surface area contributed by atoms with E-state index < -0.39 is 10.0 Å². The van der Waals surface area contributed by atoms with Crippen molar-refractivity contribution in [3.8, 4) is 0 Å². The number of amides is 1. The number of nitrogens with zero attached hydrogens (tertiary/aromatic N) is 1. The van der Waals surface area contributed by atoms with Crippen LogP contribution in [0.4, 0.5) is 0 Å². The van der Waals surface area contributed by atoms with Crippen molar-refractivity contribution < 1.29 is 13.2 Å². The first-order valence-corrected chi connectivity index (χ1v) is 12.4. The number of sulfonamides is 1. The Labute approximate surface area is 196 Å². The molecule has 0 bridgehead atoms. The summed E-state index contributed by atoms with van der Waals surface area (Å²) in [6.45, 7) is 5.61. The molecule has 2 N–H and O–H groups in total. The molecule has 0 aliphatic heterocycles. The summed E-state index contributed by atoms with van der Waals surface area (Å²) in [5, 5.41) is 2.92. The van der Waals surface area contributed by atoms with Crippen molar-refractivity contribution in [1.29, 1.82) is 0 Å². The first-order valence-electron chi connectivity index (χ1n) is 10.9. The monoisotopic (exact) mass is 465 g/mol. The van der Waals surface area contributed by atoms with Crippen molar-refractivity contribution in [2.24, 2.45) is 0 Å². The minimum absolute atomic E-state index is 0.0602. The van der Waals surface area contributed by atoms with E-state index in [0.717, 1.165) is 23.2 Å². The summed E-state index contributed by atoms with van der Waals surface area (Å²) in [5.74, 6) is -0.317. The molecule has 0 fully saturated rings. The van der Waals surface area contributed by atoms with E-state index in [2.05, 4.69) is 41.9 Å². The topological polar surface area (TPSA) is 78.5 Å². The summed E-state index contributed by atoms with van der Waals surface area (Å²) in [6.07, 6.45) is 0. The maximum absolute atomic E-state index is 12.8. The van der Waals surface area contributed by atoms with Crippen LogP contribution in [0.1, 0.15) is 40.9 Å². The normalized spacial score (nSPS) is 11.7. The molecule has 3 aromatic carbocycles. The van der Waals surface area contributed by atoms with E-state index in [4.69, 9.17) is 0 Å². The number of hydrogen-bond donors (Lipinski definition) is 2. The maximum Gasteiger partial charge on any atom is 0.251 e. The fraction of sp³-hybridized carbons (Fsp3) is 0.269. The average molecular weight is 466 g/mol. The summed E-state index contributed by atoms with van der Waals surface area (Å²) in [7, 11) is -1.68. The number of benzene rings is 3. The van der Waals surface area contributed by atoms with Crippen LogP contribution in [0.15, 0.2) is 83.8 Å². The quantitative estimate of drug-likeness (QED) is 0.476. The van der Waals surface area contributed by atoms with E-state index in [1.807, 2.05) is 48.5 Å². The average Bonchev–Trinajstić information content (AvgIpc) is 2.82. The molecule has 0 saturated carbocycles. The van der Waals surface area contributed by atoms with Gasteiger partial charge in [0.15, 0.2) is 0 Å². The molecule has 0 aliphatic carbocycles. The fourth-order valence-electron chi connectivity index (χ4n) is 3.28. The number of carbonyl (C=O) groups excluding carboxylic acids is 1. The highest BCUT2D eigenvalue weighted by Crippen LogP contribution is 2.15. The first kappa shape index (κ1) is 24.6. The van der Waals surface area contributed by atoms with Crippen LogP contribution < -0.4 is 10.0 Å². The highest BCUT2D eigenvalue weighted by molar-refractivity contribution is 7.89. The molecule has 3 aromatic rings. The van der Waals surface area contributed by atoms with Gasteiger partial charge in [-0.3, -0.25) is 9.69 Å². The molecule has 6 nitrogen and oxygen atoms in total. The smallest absolute Gasteiger partial charge is 0.251 e. The molecular weight excluding hydrogens is 434 g/mol. The van der Waals surface area contributed by atoms with Crippen LogP contribution in [0.5, 0.6) is 0 Å². The Kier molecular flexibility index (Phi) is 8.38. The largest absolute Gasteiger partial charge is 0.348 e. The van der Waals surface area contributed by atoms with Gasteiger partial charge in [-0.15, -0.1) is 0 Å². The van der Waals surface area contributed by atoms with Crippen LogP contribution in [0, 0.1) is 0 Å². The molecule has 3 rings (SSSR count). The van der Waals surface area contributed by atoms with E-state index >= 15 is 0 Å². The molecule has 7 heteroatoms. The van der Waals surface area contributed by atoms with Gasteiger partial charge in [-0.25, -0.2) is 13.1 Å². The van der Waals surface area contributed by atoms with Crippen molar-refractivity contribution in [2.45, 2.75) is 44.4 Å². The van der Waals surface area contributed by atoms with Gasteiger partial charge in [0.25, 0.3) is 5.91 Å². The van der Waals surface area contributed by atoms with Gasteiger partial charge in [0.05, 0.1) is 4.90 Å². The predicted octanol–water partition coefficient (Wildman–Crippen LogP) is 3.94. The molecule has 0 aromatic heterocycles. The van der Waals surface area contributed by atoms with Gasteiger partial charge in [0.1, 0.15) is 0 Å². The Morgan fingerprint density at radius 1 is 0.879 bits per heavy atom. The molecule has 0 atom stereocenters. The van der Waals surface area contributed by atoms with Crippen molar-refractivity contribution in [3.05, 3.63) is 101 Å². The van der Waals surface area contributed by atoms with E-state index in [0.29, 0.717) is 18.2 Å². The second-order valence-electron chi connectivity index (χ2n) is 8.30. The van der Waals surface area contributed by atoms with Crippen molar-refractivity contribution in [3.63, 3.8) is 0 Å². The van der Waals surface area contributed by atoms with E-state index in [-0.39, 0.29) is 17.3 Å². The van der Waals surface area contributed by atoms with Gasteiger partial charge < -0.3 is 5.32 Å². The summed E-state index contributed by atoms with van der Waals surface area (Å²) in [5.41, 5.74) is 3.34. The van der Waals surface area contributed by atoms with Crippen LogP contribution in [-0.4, -0.2) is 32.3 Å². The van der Waals surface area contributed by atoms with E-state index in [1.165, 1.54) is 12.1 Å². The molecule has 33 heavy (non-hydrogen) atoms. The van der Waals surface area contributed by atoms with Gasteiger partial charge in [-0.1, -0.05) is 60.7 Å². The molecule has 0 aliphatic rings. The lowest BCUT2D eigenvalue weighted by atomic mass is 10.1. The van der Waals surface area contributed by atoms with Crippen LogP contribution in [-0.2, 0) is 29.7 Å². The van der Waals surface area contributed by atoms with Gasteiger partial charge >= 0.3 is 0 Å². The summed E-state index contributed by atoms with van der Waals surface area (Å²) in [6, 6.07) is 23.8. The molecular formula is C26H31N3O3S. The molecule has 0 heterocycles. The summed E-state index contributed by atoms with van der Waals surface area (Å²) in [4.78, 5) is 15.1. The highest BCUT2D eigenvalue weighted by Gasteiger charge is 2.16. The number of carbonyl (C=O) groups is 1. The lowest BCUT2D eigenvalue weighted by Gasteiger charge is -2.22. The maximum atomic E-state index is 12.8. The second-order valence-corrected chi connectivity index (χ2v) is 10.1. The van der Waals surface area contributed by atoms with Gasteiger partial charge in [0, 0.05) is 31.2 Å². The molecule has 0 spiro atoms. The Morgan fingerprint density at radius 2 is 1.55 bits per heavy atom. The van der Waals surface area contributed by atoms with Crippen molar-refractivity contribution >= 4 is 15.9 Å². The van der Waals surface area contributed by atoms with Crippen LogP contribution in [0.25, 0.3) is 0 Å². The fourth-order valence-corrected chi connectivity index (χ4v) is 4.34. The van der Waals surface area contributed by atoms with Crippen molar-refractivity contribution in [1.82, 2.24) is 14.9 Å². The molecule has 0 radical (unpaired) electrons. The van der Waals surface area contributed by atoms with Crippen LogP contribution in [0.2, 0.25) is 0 Å². The Hall–Kier alpha value is -3.00. The number of nitrogens with one attached hydrogen (secondary N) is 2. The number of hydrogen-bond acceptors (Lipinski definition) is 4. The van der Waals surface area contributed by atoms with Gasteiger partial charge in [0.2, 0.25) is 10.0 Å². The minimum Gasteiger partial charge on any atom is -0.348 e. The minimum atomic E-state index is -3.75. The molecule has 0 saturated heterocycles. The third-order valence-corrected chi connectivity index (χ3v) is 6.97. The zero-order valence-electron chi connectivity index (χ0n) is 19.3. The summed E-state index contributed by atoms with van der Waals surface area (Å²) < 4.78 is 28.0. The van der Waals surface area contributed by atoms with Crippen molar-refractivity contribution in [2.75, 3.05) is 7.05 Å². The Bertz CT molecular complexity index is 1180. The standard InChI is InChI=1S/C26H31N3O3S/c1-20(2)29(3)19-24-13-8-7-12-23(24)18-27-26(30)22-14-9-15-25(16-22)33(31,32)28-17-21-10-5-4-6-11-21/h4-16,20,28H,17-19H2,1-3H3,(H,27,30). The van der Waals surface area contributed by atoms with Crippen LogP contribution >= 0.6 is 0 Å². The van der Waals surface area contributed by atoms with Crippen LogP contribution in [0.3, 0.4) is 0 Å². The highest BCUT2D eigenvalue weighted by atomic mass is 32.2. The predicted molar refractivity (Wildman–Crippen MR) is 131 cm³/mol. The van der Waals surface area contributed by atoms with Gasteiger partial charge in [-0.05, 0) is 55.8 Å². The lowest BCUT2D eigenvalue weighted by molar-refractivity contribution is 0.0950. The Morgan fingerprint density at radius 3 is 2.24 bits per heavy atom. The second kappa shape index (κ2) is 11.2. The lowest BCUT2D eigenvalue weighted by Crippen LogP contribution is -2.28. The third-order valence-electron chi connectivity index (χ3n) is 5.57. The van der Waals surface area contributed by atoms with E-state index in [9.17, 15) is 13.2 Å². The zero-order valence-corrected chi connectivity index (χ0v) is 20.1. The van der Waals surface area contributed by atoms with Gasteiger partial charge in [-0.2, -0.15) is 0 Å². The summed E-state index contributed by atoms with van der Waals surface area (Å²) >= 11 is 0.